The summed E-state index contributed by atoms with van der Waals surface area (Å²) in [6, 6.07) is 9.85. The van der Waals surface area contributed by atoms with Gasteiger partial charge in [-0.15, -0.1) is 0 Å². The van der Waals surface area contributed by atoms with Gasteiger partial charge in [-0.3, -0.25) is 9.59 Å². The van der Waals surface area contributed by atoms with Crippen LogP contribution in [0.1, 0.15) is 22.8 Å². The average molecular weight is 411 g/mol. The molecule has 0 aliphatic rings. The van der Waals surface area contributed by atoms with E-state index in [-0.39, 0.29) is 25.0 Å². The minimum absolute atomic E-state index is 0.101. The first-order valence-electron chi connectivity index (χ1n) is 8.23. The second kappa shape index (κ2) is 10.0. The second-order valence-corrected chi connectivity index (χ2v) is 6.44. The van der Waals surface area contributed by atoms with E-state index in [0.717, 1.165) is 5.56 Å². The molecule has 0 saturated carbocycles. The first-order valence-corrected chi connectivity index (χ1v) is 8.99. The van der Waals surface area contributed by atoms with Crippen molar-refractivity contribution in [1.29, 1.82) is 0 Å². The maximum Gasteiger partial charge on any atom is 0.257 e. The molecule has 0 fully saturated rings. The third-order valence-electron chi connectivity index (χ3n) is 3.54. The lowest BCUT2D eigenvalue weighted by Gasteiger charge is -2.12. The van der Waals surface area contributed by atoms with Crippen molar-refractivity contribution >= 4 is 35.0 Å². The topological polar surface area (TPSA) is 76.7 Å². The van der Waals surface area contributed by atoms with Gasteiger partial charge >= 0.3 is 0 Å². The maximum atomic E-state index is 12.3. The molecule has 0 aromatic heterocycles. The summed E-state index contributed by atoms with van der Waals surface area (Å²) in [5, 5.41) is 6.22. The second-order valence-electron chi connectivity index (χ2n) is 5.57. The Hall–Kier alpha value is -2.44. The molecule has 2 aromatic carbocycles. The third-order valence-corrected chi connectivity index (χ3v) is 3.97. The SMILES string of the molecule is CCNC(=O)COc1ccc(CNC(=O)c2cc(Cl)cc(Cl)c2)cc1OC. The van der Waals surface area contributed by atoms with Gasteiger partial charge in [0.05, 0.1) is 7.11 Å². The predicted molar refractivity (Wildman–Crippen MR) is 105 cm³/mol. The van der Waals surface area contributed by atoms with Gasteiger partial charge in [0.15, 0.2) is 18.1 Å². The number of methoxy groups -OCH3 is 1. The molecule has 0 aliphatic carbocycles. The highest BCUT2D eigenvalue weighted by Crippen LogP contribution is 2.28. The summed E-state index contributed by atoms with van der Waals surface area (Å²) in [5.41, 5.74) is 1.18. The smallest absolute Gasteiger partial charge is 0.257 e. The van der Waals surface area contributed by atoms with E-state index in [1.807, 2.05) is 6.92 Å². The van der Waals surface area contributed by atoms with Crippen LogP contribution < -0.4 is 20.1 Å². The number of benzene rings is 2. The van der Waals surface area contributed by atoms with Crippen molar-refractivity contribution in [1.82, 2.24) is 10.6 Å². The molecular formula is C19H20Cl2N2O4. The monoisotopic (exact) mass is 410 g/mol. The Labute approximate surface area is 167 Å². The molecule has 8 heteroatoms. The maximum absolute atomic E-state index is 12.3. The number of amides is 2. The van der Waals surface area contributed by atoms with Crippen LogP contribution in [0.25, 0.3) is 0 Å². The molecule has 0 saturated heterocycles. The molecule has 0 aliphatic heterocycles. The Bertz CT molecular complexity index is 807. The molecule has 0 atom stereocenters. The fraction of sp³-hybridized carbons (Fsp3) is 0.263. The number of rotatable bonds is 8. The first kappa shape index (κ1) is 20.9. The lowest BCUT2D eigenvalue weighted by molar-refractivity contribution is -0.123. The molecule has 2 aromatic rings. The van der Waals surface area contributed by atoms with Crippen molar-refractivity contribution in [3.63, 3.8) is 0 Å². The molecular weight excluding hydrogens is 391 g/mol. The Morgan fingerprint density at radius 1 is 1.00 bits per heavy atom. The van der Waals surface area contributed by atoms with Crippen molar-refractivity contribution in [3.8, 4) is 11.5 Å². The summed E-state index contributed by atoms with van der Waals surface area (Å²) >= 11 is 11.8. The van der Waals surface area contributed by atoms with Gasteiger partial charge < -0.3 is 20.1 Å². The summed E-state index contributed by atoms with van der Waals surface area (Å²) in [6.45, 7) is 2.54. The fourth-order valence-electron chi connectivity index (χ4n) is 2.30. The van der Waals surface area contributed by atoms with Gasteiger partial charge in [-0.1, -0.05) is 29.3 Å². The van der Waals surface area contributed by atoms with Crippen molar-refractivity contribution in [3.05, 3.63) is 57.6 Å². The van der Waals surface area contributed by atoms with Gasteiger partial charge in [0, 0.05) is 28.7 Å². The van der Waals surface area contributed by atoms with E-state index >= 15 is 0 Å². The number of hydrogen-bond donors (Lipinski definition) is 2. The van der Waals surface area contributed by atoms with E-state index in [4.69, 9.17) is 32.7 Å². The molecule has 0 bridgehead atoms. The van der Waals surface area contributed by atoms with Crippen LogP contribution in [-0.2, 0) is 11.3 Å². The summed E-state index contributed by atoms with van der Waals surface area (Å²) in [5.74, 6) is 0.406. The van der Waals surface area contributed by atoms with Crippen molar-refractivity contribution in [2.45, 2.75) is 13.5 Å². The molecule has 2 amide bonds. The number of hydrogen-bond acceptors (Lipinski definition) is 4. The minimum atomic E-state index is -0.296. The molecule has 0 unspecified atom stereocenters. The molecule has 0 heterocycles. The lowest BCUT2D eigenvalue weighted by atomic mass is 10.1. The average Bonchev–Trinajstić information content (AvgIpc) is 2.64. The number of nitrogens with one attached hydrogen (secondary N) is 2. The van der Waals surface area contributed by atoms with E-state index in [1.165, 1.54) is 7.11 Å². The minimum Gasteiger partial charge on any atom is -0.493 e. The Balaban J connectivity index is 2.00. The van der Waals surface area contributed by atoms with Crippen LogP contribution in [0.3, 0.4) is 0 Å². The summed E-state index contributed by atoms with van der Waals surface area (Å²) in [4.78, 5) is 23.8. The largest absolute Gasteiger partial charge is 0.493 e. The number of carbonyl (C=O) groups excluding carboxylic acids is 2. The number of carbonyl (C=O) groups is 2. The summed E-state index contributed by atoms with van der Waals surface area (Å²) in [7, 11) is 1.50. The van der Waals surface area contributed by atoms with Crippen molar-refractivity contribution in [2.24, 2.45) is 0 Å². The Kier molecular flexibility index (Phi) is 7.76. The standard InChI is InChI=1S/C19H20Cl2N2O4/c1-3-22-18(24)11-27-16-5-4-12(6-17(16)26-2)10-23-19(25)13-7-14(20)9-15(21)8-13/h4-9H,3,10-11H2,1-2H3,(H,22,24)(H,23,25). The van der Waals surface area contributed by atoms with Gasteiger partial charge in [0.2, 0.25) is 0 Å². The highest BCUT2D eigenvalue weighted by molar-refractivity contribution is 6.35. The van der Waals surface area contributed by atoms with Gasteiger partial charge in [-0.2, -0.15) is 0 Å². The summed E-state index contributed by atoms with van der Waals surface area (Å²) < 4.78 is 10.8. The molecule has 2 rings (SSSR count). The van der Waals surface area contributed by atoms with E-state index in [1.54, 1.807) is 36.4 Å². The van der Waals surface area contributed by atoms with Crippen LogP contribution in [-0.4, -0.2) is 32.1 Å². The van der Waals surface area contributed by atoms with Gasteiger partial charge in [-0.25, -0.2) is 0 Å². The highest BCUT2D eigenvalue weighted by atomic mass is 35.5. The first-order chi connectivity index (χ1) is 12.9. The zero-order chi connectivity index (χ0) is 19.8. The number of ether oxygens (including phenoxy) is 2. The van der Waals surface area contributed by atoms with E-state index in [9.17, 15) is 9.59 Å². The van der Waals surface area contributed by atoms with E-state index in [0.29, 0.717) is 33.7 Å². The summed E-state index contributed by atoms with van der Waals surface area (Å²) in [6.07, 6.45) is 0. The molecule has 144 valence electrons. The van der Waals surface area contributed by atoms with Crippen molar-refractivity contribution in [2.75, 3.05) is 20.3 Å². The van der Waals surface area contributed by atoms with Crippen LogP contribution in [0.2, 0.25) is 10.0 Å². The van der Waals surface area contributed by atoms with Crippen molar-refractivity contribution < 1.29 is 19.1 Å². The van der Waals surface area contributed by atoms with Gasteiger partial charge in [0.25, 0.3) is 11.8 Å². The number of likely N-dealkylation sites (N-methyl/N-ethyl adjacent to an activating group) is 1. The normalized spacial score (nSPS) is 10.2. The quantitative estimate of drug-likeness (QED) is 0.698. The fourth-order valence-corrected chi connectivity index (χ4v) is 2.83. The van der Waals surface area contributed by atoms with Crippen LogP contribution in [0.5, 0.6) is 11.5 Å². The molecule has 6 nitrogen and oxygen atoms in total. The van der Waals surface area contributed by atoms with Crippen LogP contribution in [0.15, 0.2) is 36.4 Å². The van der Waals surface area contributed by atoms with Gasteiger partial charge in [0.1, 0.15) is 0 Å². The zero-order valence-corrected chi connectivity index (χ0v) is 16.5. The molecule has 27 heavy (non-hydrogen) atoms. The lowest BCUT2D eigenvalue weighted by Crippen LogP contribution is -2.28. The highest BCUT2D eigenvalue weighted by Gasteiger charge is 2.11. The third kappa shape index (κ3) is 6.34. The molecule has 2 N–H and O–H groups in total. The van der Waals surface area contributed by atoms with E-state index < -0.39 is 0 Å². The van der Waals surface area contributed by atoms with Crippen LogP contribution in [0, 0.1) is 0 Å². The molecule has 0 spiro atoms. The predicted octanol–water partition coefficient (Wildman–Crippen LogP) is 3.45. The van der Waals surface area contributed by atoms with Gasteiger partial charge in [-0.05, 0) is 42.8 Å². The zero-order valence-electron chi connectivity index (χ0n) is 15.0. The number of halogens is 2. The Morgan fingerprint density at radius 2 is 1.70 bits per heavy atom. The molecule has 0 radical (unpaired) electrons. The van der Waals surface area contributed by atoms with Crippen LogP contribution in [0.4, 0.5) is 0 Å². The van der Waals surface area contributed by atoms with E-state index in [2.05, 4.69) is 10.6 Å². The van der Waals surface area contributed by atoms with Crippen LogP contribution >= 0.6 is 23.2 Å². The Morgan fingerprint density at radius 3 is 2.33 bits per heavy atom.